The molecular weight excluding hydrogens is 190 g/mol. The first-order valence-corrected chi connectivity index (χ1v) is 4.76. The number of likely N-dealkylation sites (tertiary alicyclic amines) is 1. The molecule has 1 saturated heterocycles. The normalized spacial score (nSPS) is 24.2. The van der Waals surface area contributed by atoms with Gasteiger partial charge in [0.15, 0.2) is 0 Å². The Morgan fingerprint density at radius 3 is 2.92 bits per heavy atom. The molecule has 0 aromatic rings. The molecule has 0 bridgehead atoms. The van der Waals surface area contributed by atoms with Crippen molar-refractivity contribution in [3.63, 3.8) is 0 Å². The summed E-state index contributed by atoms with van der Waals surface area (Å²) in [6, 6.07) is 0. The molecule has 4 heteroatoms. The first-order chi connectivity index (χ1) is 6.09. The van der Waals surface area contributed by atoms with E-state index in [0.717, 1.165) is 19.4 Å². The van der Waals surface area contributed by atoms with Gasteiger partial charge >= 0.3 is 5.97 Å². The monoisotopic (exact) mass is 203 g/mol. The van der Waals surface area contributed by atoms with Gasteiger partial charge in [-0.3, -0.25) is 9.69 Å². The molecule has 1 atom stereocenters. The van der Waals surface area contributed by atoms with E-state index >= 15 is 0 Å². The molecule has 0 aromatic carbocycles. The Labute approximate surface area is 83.0 Å². The van der Waals surface area contributed by atoms with E-state index in [-0.39, 0.29) is 5.92 Å². The molecule has 1 N–H and O–H groups in total. The molecule has 1 rings (SSSR count). The highest BCUT2D eigenvalue weighted by Crippen LogP contribution is 2.17. The van der Waals surface area contributed by atoms with Crippen LogP contribution in [0.1, 0.15) is 12.8 Å². The van der Waals surface area contributed by atoms with E-state index in [9.17, 15) is 4.79 Å². The number of hydrogen-bond donors (Lipinski definition) is 1. The number of carboxylic acids is 1. The van der Waals surface area contributed by atoms with E-state index in [0.29, 0.717) is 18.1 Å². The lowest BCUT2D eigenvalue weighted by Crippen LogP contribution is -2.39. The number of nitrogens with zero attached hydrogens (tertiary/aromatic N) is 1. The van der Waals surface area contributed by atoms with Crippen LogP contribution in [0.3, 0.4) is 0 Å². The largest absolute Gasteiger partial charge is 0.481 e. The third-order valence-corrected chi connectivity index (χ3v) is 2.37. The number of aliphatic carboxylic acids is 1. The van der Waals surface area contributed by atoms with E-state index in [1.807, 2.05) is 4.90 Å². The molecule has 0 aliphatic carbocycles. The lowest BCUT2D eigenvalue weighted by atomic mass is 9.98. The summed E-state index contributed by atoms with van der Waals surface area (Å²) in [4.78, 5) is 12.7. The second-order valence-corrected chi connectivity index (χ2v) is 3.96. The van der Waals surface area contributed by atoms with Crippen LogP contribution in [0, 0.1) is 5.92 Å². The van der Waals surface area contributed by atoms with Gasteiger partial charge in [-0.25, -0.2) is 0 Å². The Morgan fingerprint density at radius 1 is 1.69 bits per heavy atom. The van der Waals surface area contributed by atoms with Crippen LogP contribution in [0.4, 0.5) is 0 Å². The lowest BCUT2D eigenvalue weighted by molar-refractivity contribution is -0.143. The Balaban J connectivity index is 2.41. The first kappa shape index (κ1) is 10.5. The van der Waals surface area contributed by atoms with Crippen molar-refractivity contribution in [1.82, 2.24) is 4.90 Å². The van der Waals surface area contributed by atoms with Gasteiger partial charge in [0.25, 0.3) is 0 Å². The minimum absolute atomic E-state index is 0.232. The SMILES string of the molecule is C=C(Cl)CN1CCCC(C(=O)O)C1. The molecule has 1 fully saturated rings. The average molecular weight is 204 g/mol. The molecular formula is C9H14ClNO2. The number of halogens is 1. The Morgan fingerprint density at radius 2 is 2.38 bits per heavy atom. The van der Waals surface area contributed by atoms with Gasteiger partial charge < -0.3 is 5.11 Å². The molecule has 0 amide bonds. The highest BCUT2D eigenvalue weighted by Gasteiger charge is 2.24. The summed E-state index contributed by atoms with van der Waals surface area (Å²) in [6.07, 6.45) is 1.71. The van der Waals surface area contributed by atoms with Gasteiger partial charge in [0.2, 0.25) is 0 Å². The zero-order valence-electron chi connectivity index (χ0n) is 7.50. The minimum Gasteiger partial charge on any atom is -0.481 e. The standard InChI is InChI=1S/C9H14ClNO2/c1-7(10)5-11-4-2-3-8(6-11)9(12)13/h8H,1-6H2,(H,12,13). The van der Waals surface area contributed by atoms with Crippen LogP contribution in [0.5, 0.6) is 0 Å². The van der Waals surface area contributed by atoms with Gasteiger partial charge in [-0.1, -0.05) is 18.2 Å². The lowest BCUT2D eigenvalue weighted by Gasteiger charge is -2.30. The summed E-state index contributed by atoms with van der Waals surface area (Å²) >= 11 is 5.65. The molecule has 1 unspecified atom stereocenters. The fraction of sp³-hybridized carbons (Fsp3) is 0.667. The zero-order valence-corrected chi connectivity index (χ0v) is 8.26. The smallest absolute Gasteiger partial charge is 0.307 e. The van der Waals surface area contributed by atoms with Gasteiger partial charge in [-0.15, -0.1) is 0 Å². The Bertz CT molecular complexity index is 218. The van der Waals surface area contributed by atoms with Crippen LogP contribution in [-0.4, -0.2) is 35.6 Å². The van der Waals surface area contributed by atoms with Crippen molar-refractivity contribution in [2.45, 2.75) is 12.8 Å². The van der Waals surface area contributed by atoms with Crippen molar-refractivity contribution >= 4 is 17.6 Å². The van der Waals surface area contributed by atoms with Gasteiger partial charge in [-0.2, -0.15) is 0 Å². The molecule has 74 valence electrons. The van der Waals surface area contributed by atoms with E-state index in [2.05, 4.69) is 6.58 Å². The molecule has 3 nitrogen and oxygen atoms in total. The predicted octanol–water partition coefficient (Wildman–Crippen LogP) is 1.54. The van der Waals surface area contributed by atoms with Crippen molar-refractivity contribution < 1.29 is 9.90 Å². The molecule has 0 aromatic heterocycles. The van der Waals surface area contributed by atoms with E-state index in [1.165, 1.54) is 0 Å². The van der Waals surface area contributed by atoms with Crippen LogP contribution >= 0.6 is 11.6 Å². The number of piperidine rings is 1. The second-order valence-electron chi connectivity index (χ2n) is 3.43. The zero-order chi connectivity index (χ0) is 9.84. The highest BCUT2D eigenvalue weighted by atomic mass is 35.5. The summed E-state index contributed by atoms with van der Waals surface area (Å²) in [6.45, 7) is 5.72. The second kappa shape index (κ2) is 4.63. The van der Waals surface area contributed by atoms with Crippen LogP contribution in [0.25, 0.3) is 0 Å². The fourth-order valence-electron chi connectivity index (χ4n) is 1.64. The average Bonchev–Trinajstić information content (AvgIpc) is 2.03. The Hall–Kier alpha value is -0.540. The quantitative estimate of drug-likeness (QED) is 0.757. The maximum Gasteiger partial charge on any atom is 0.307 e. The minimum atomic E-state index is -0.704. The summed E-state index contributed by atoms with van der Waals surface area (Å²) in [7, 11) is 0. The van der Waals surface area contributed by atoms with Crippen LogP contribution in [0.15, 0.2) is 11.6 Å². The molecule has 0 radical (unpaired) electrons. The van der Waals surface area contributed by atoms with Crippen molar-refractivity contribution in [3.8, 4) is 0 Å². The number of rotatable bonds is 3. The third kappa shape index (κ3) is 3.36. The maximum atomic E-state index is 10.7. The topological polar surface area (TPSA) is 40.5 Å². The van der Waals surface area contributed by atoms with Gasteiger partial charge in [-0.05, 0) is 19.4 Å². The Kier molecular flexibility index (Phi) is 3.75. The first-order valence-electron chi connectivity index (χ1n) is 4.38. The van der Waals surface area contributed by atoms with Crippen molar-refractivity contribution in [2.24, 2.45) is 5.92 Å². The van der Waals surface area contributed by atoms with Crippen LogP contribution < -0.4 is 0 Å². The van der Waals surface area contributed by atoms with Crippen molar-refractivity contribution in [3.05, 3.63) is 11.6 Å². The maximum absolute atomic E-state index is 10.7. The molecule has 0 spiro atoms. The van der Waals surface area contributed by atoms with Crippen molar-refractivity contribution in [2.75, 3.05) is 19.6 Å². The summed E-state index contributed by atoms with van der Waals surface area (Å²) in [5.41, 5.74) is 0. The van der Waals surface area contributed by atoms with E-state index < -0.39 is 5.97 Å². The summed E-state index contributed by atoms with van der Waals surface area (Å²) < 4.78 is 0. The summed E-state index contributed by atoms with van der Waals surface area (Å²) in [5, 5.41) is 9.38. The number of carboxylic acid groups (broad SMARTS) is 1. The molecule has 1 aliphatic rings. The van der Waals surface area contributed by atoms with Crippen molar-refractivity contribution in [1.29, 1.82) is 0 Å². The van der Waals surface area contributed by atoms with E-state index in [1.54, 1.807) is 0 Å². The van der Waals surface area contributed by atoms with Gasteiger partial charge in [0.1, 0.15) is 0 Å². The fourth-order valence-corrected chi connectivity index (χ4v) is 1.81. The van der Waals surface area contributed by atoms with Crippen LogP contribution in [-0.2, 0) is 4.79 Å². The molecule has 0 saturated carbocycles. The highest BCUT2D eigenvalue weighted by molar-refractivity contribution is 6.29. The predicted molar refractivity (Wildman–Crippen MR) is 51.8 cm³/mol. The summed E-state index contributed by atoms with van der Waals surface area (Å²) in [5.74, 6) is -0.936. The number of carbonyl (C=O) groups is 1. The molecule has 1 heterocycles. The van der Waals surface area contributed by atoms with Crippen LogP contribution in [0.2, 0.25) is 0 Å². The molecule has 13 heavy (non-hydrogen) atoms. The third-order valence-electron chi connectivity index (χ3n) is 2.25. The van der Waals surface area contributed by atoms with Gasteiger partial charge in [0, 0.05) is 18.1 Å². The number of hydrogen-bond acceptors (Lipinski definition) is 2. The van der Waals surface area contributed by atoms with Gasteiger partial charge in [0.05, 0.1) is 5.92 Å². The molecule has 1 aliphatic heterocycles. The van der Waals surface area contributed by atoms with E-state index in [4.69, 9.17) is 16.7 Å².